The molecule has 208 valence electrons. The zero-order valence-corrected chi connectivity index (χ0v) is 24.2. The van der Waals surface area contributed by atoms with Crippen LogP contribution in [0.2, 0.25) is 5.02 Å². The van der Waals surface area contributed by atoms with Crippen LogP contribution in [-0.2, 0) is 16.1 Å². The lowest BCUT2D eigenvalue weighted by molar-refractivity contribution is -0.138. The molecular formula is C33H28ClNO5S. The first-order valence-corrected chi connectivity index (χ1v) is 14.4. The standard InChI is InChI=1S/C33H28ClNO5S/c1-3-38-27-18-21(17-26(34)31(27)40-20-23-13-10-12-22-11-8-9-16-25(22)23)19-28-30(36)29(33(37)39-4-2)32(41-28)35-24-14-6-5-7-15-24/h5-19,36H,3-4,20H2,1-2H3/b28-19-,35-32?. The molecule has 0 fully saturated rings. The highest BCUT2D eigenvalue weighted by Crippen LogP contribution is 2.43. The first-order chi connectivity index (χ1) is 20.0. The predicted molar refractivity (Wildman–Crippen MR) is 166 cm³/mol. The quantitative estimate of drug-likeness (QED) is 0.198. The number of benzene rings is 4. The number of aliphatic hydroxyl groups excluding tert-OH is 1. The van der Waals surface area contributed by atoms with Crippen molar-refractivity contribution in [3.8, 4) is 11.5 Å². The van der Waals surface area contributed by atoms with E-state index in [1.807, 2.05) is 61.5 Å². The summed E-state index contributed by atoms with van der Waals surface area (Å²) in [6.07, 6.45) is 1.73. The van der Waals surface area contributed by atoms with Crippen LogP contribution in [0.25, 0.3) is 16.8 Å². The van der Waals surface area contributed by atoms with Gasteiger partial charge in [0.2, 0.25) is 0 Å². The molecule has 0 aliphatic carbocycles. The lowest BCUT2D eigenvalue weighted by Crippen LogP contribution is -2.12. The van der Waals surface area contributed by atoms with Crippen molar-refractivity contribution in [2.45, 2.75) is 20.5 Å². The van der Waals surface area contributed by atoms with Crippen molar-refractivity contribution in [1.82, 2.24) is 0 Å². The Kier molecular flexibility index (Phi) is 8.97. The van der Waals surface area contributed by atoms with Gasteiger partial charge in [-0.05, 0) is 66.1 Å². The van der Waals surface area contributed by atoms with Gasteiger partial charge in [-0.15, -0.1) is 0 Å². The monoisotopic (exact) mass is 585 g/mol. The molecule has 5 rings (SSSR count). The number of nitrogens with zero attached hydrogens (tertiary/aromatic N) is 1. The second kappa shape index (κ2) is 13.0. The highest BCUT2D eigenvalue weighted by Gasteiger charge is 2.33. The van der Waals surface area contributed by atoms with E-state index in [0.717, 1.165) is 16.3 Å². The topological polar surface area (TPSA) is 77.4 Å². The van der Waals surface area contributed by atoms with Crippen LogP contribution < -0.4 is 9.47 Å². The third-order valence-corrected chi connectivity index (χ3v) is 7.54. The van der Waals surface area contributed by atoms with Crippen molar-refractivity contribution < 1.29 is 24.1 Å². The van der Waals surface area contributed by atoms with E-state index in [1.54, 1.807) is 25.1 Å². The number of aliphatic hydroxyl groups is 1. The van der Waals surface area contributed by atoms with Crippen molar-refractivity contribution in [3.05, 3.63) is 117 Å². The van der Waals surface area contributed by atoms with E-state index in [4.69, 9.17) is 25.8 Å². The van der Waals surface area contributed by atoms with Crippen molar-refractivity contribution in [2.24, 2.45) is 4.99 Å². The first-order valence-electron chi connectivity index (χ1n) is 13.2. The number of fused-ring (bicyclic) bond motifs is 1. The number of para-hydroxylation sites is 1. The van der Waals surface area contributed by atoms with Crippen molar-refractivity contribution in [1.29, 1.82) is 0 Å². The molecule has 0 atom stereocenters. The van der Waals surface area contributed by atoms with E-state index in [1.165, 1.54) is 11.8 Å². The Morgan fingerprint density at radius 2 is 1.71 bits per heavy atom. The van der Waals surface area contributed by atoms with E-state index in [2.05, 4.69) is 23.2 Å². The van der Waals surface area contributed by atoms with E-state index >= 15 is 0 Å². The lowest BCUT2D eigenvalue weighted by atomic mass is 10.1. The van der Waals surface area contributed by atoms with Crippen LogP contribution in [0, 0.1) is 0 Å². The summed E-state index contributed by atoms with van der Waals surface area (Å²) in [5.41, 5.74) is 2.37. The summed E-state index contributed by atoms with van der Waals surface area (Å²) in [7, 11) is 0. The Bertz CT molecular complexity index is 1670. The summed E-state index contributed by atoms with van der Waals surface area (Å²) in [6.45, 7) is 4.48. The third-order valence-electron chi connectivity index (χ3n) is 6.24. The normalized spacial score (nSPS) is 15.1. The van der Waals surface area contributed by atoms with Crippen LogP contribution in [0.4, 0.5) is 5.69 Å². The highest BCUT2D eigenvalue weighted by molar-refractivity contribution is 8.18. The molecule has 1 aliphatic rings. The van der Waals surface area contributed by atoms with Crippen LogP contribution in [0.15, 0.2) is 106 Å². The molecule has 0 spiro atoms. The molecule has 0 amide bonds. The Balaban J connectivity index is 1.47. The Labute approximate surface area is 247 Å². The zero-order valence-electron chi connectivity index (χ0n) is 22.6. The minimum Gasteiger partial charge on any atom is -0.506 e. The largest absolute Gasteiger partial charge is 0.506 e. The summed E-state index contributed by atoms with van der Waals surface area (Å²) in [5, 5.41) is 14.0. The number of esters is 1. The maximum atomic E-state index is 12.7. The molecule has 1 aliphatic heterocycles. The molecule has 6 nitrogen and oxygen atoms in total. The summed E-state index contributed by atoms with van der Waals surface area (Å²) < 4.78 is 17.3. The van der Waals surface area contributed by atoms with Gasteiger partial charge in [0, 0.05) is 0 Å². The van der Waals surface area contributed by atoms with Crippen molar-refractivity contribution >= 4 is 56.9 Å². The molecule has 1 heterocycles. The smallest absolute Gasteiger partial charge is 0.344 e. The number of hydrogen-bond acceptors (Lipinski definition) is 7. The SMILES string of the molecule is CCOC(=O)C1=C(O)/C(=C/c2cc(Cl)c(OCc3cccc4ccccc34)c(OCC)c2)SC1=Nc1ccccc1. The van der Waals surface area contributed by atoms with E-state index in [-0.39, 0.29) is 17.9 Å². The zero-order chi connectivity index (χ0) is 28.8. The van der Waals surface area contributed by atoms with Gasteiger partial charge in [-0.25, -0.2) is 9.79 Å². The van der Waals surface area contributed by atoms with Gasteiger partial charge in [0.15, 0.2) is 11.5 Å². The summed E-state index contributed by atoms with van der Waals surface area (Å²) in [6, 6.07) is 27.0. The molecular weight excluding hydrogens is 558 g/mol. The van der Waals surface area contributed by atoms with Gasteiger partial charge in [0.1, 0.15) is 23.0 Å². The number of hydrogen-bond donors (Lipinski definition) is 1. The Morgan fingerprint density at radius 3 is 2.49 bits per heavy atom. The fraction of sp³-hybridized carbons (Fsp3) is 0.152. The highest BCUT2D eigenvalue weighted by atomic mass is 35.5. The molecule has 0 bridgehead atoms. The second-order valence-electron chi connectivity index (χ2n) is 9.00. The summed E-state index contributed by atoms with van der Waals surface area (Å²) in [5.74, 6) is 0.0672. The van der Waals surface area contributed by atoms with Gasteiger partial charge in [-0.1, -0.05) is 84.0 Å². The van der Waals surface area contributed by atoms with Crippen LogP contribution in [0.1, 0.15) is 25.0 Å². The van der Waals surface area contributed by atoms with Gasteiger partial charge >= 0.3 is 5.97 Å². The number of carbonyl (C=O) groups is 1. The molecule has 0 unspecified atom stereocenters. The maximum absolute atomic E-state index is 12.7. The molecule has 8 heteroatoms. The minimum absolute atomic E-state index is 0.0260. The van der Waals surface area contributed by atoms with Gasteiger partial charge in [0.25, 0.3) is 0 Å². The molecule has 1 N–H and O–H groups in total. The first kappa shape index (κ1) is 28.3. The minimum atomic E-state index is -0.638. The van der Waals surface area contributed by atoms with E-state index < -0.39 is 5.97 Å². The third kappa shape index (κ3) is 6.42. The van der Waals surface area contributed by atoms with Crippen molar-refractivity contribution in [3.63, 3.8) is 0 Å². The van der Waals surface area contributed by atoms with E-state index in [9.17, 15) is 9.90 Å². The number of ether oxygens (including phenoxy) is 3. The number of carbonyl (C=O) groups excluding carboxylic acids is 1. The van der Waals surface area contributed by atoms with Gasteiger partial charge in [0.05, 0.1) is 28.8 Å². The number of halogens is 1. The van der Waals surface area contributed by atoms with E-state index in [0.29, 0.717) is 50.9 Å². The van der Waals surface area contributed by atoms with Crippen LogP contribution in [-0.4, -0.2) is 29.3 Å². The fourth-order valence-corrected chi connectivity index (χ4v) is 5.71. The van der Waals surface area contributed by atoms with Crippen LogP contribution >= 0.6 is 23.4 Å². The molecule has 4 aromatic carbocycles. The fourth-order valence-electron chi connectivity index (χ4n) is 4.41. The molecule has 0 saturated carbocycles. The maximum Gasteiger partial charge on any atom is 0.344 e. The molecule has 41 heavy (non-hydrogen) atoms. The van der Waals surface area contributed by atoms with Gasteiger partial charge in [-0.2, -0.15) is 0 Å². The van der Waals surface area contributed by atoms with Gasteiger partial charge in [-0.3, -0.25) is 0 Å². The molecule has 4 aromatic rings. The Hall–Kier alpha value is -4.20. The average Bonchev–Trinajstić information content (AvgIpc) is 3.27. The molecule has 0 aromatic heterocycles. The van der Waals surface area contributed by atoms with Crippen LogP contribution in [0.5, 0.6) is 11.5 Å². The summed E-state index contributed by atoms with van der Waals surface area (Å²) in [4.78, 5) is 17.8. The van der Waals surface area contributed by atoms with Gasteiger partial charge < -0.3 is 19.3 Å². The predicted octanol–water partition coefficient (Wildman–Crippen LogP) is 8.66. The molecule has 0 radical (unpaired) electrons. The number of thioether (sulfide) groups is 1. The number of aliphatic imine (C=N–C) groups is 1. The van der Waals surface area contributed by atoms with Crippen molar-refractivity contribution in [2.75, 3.05) is 13.2 Å². The lowest BCUT2D eigenvalue weighted by Gasteiger charge is -2.15. The average molecular weight is 586 g/mol. The van der Waals surface area contributed by atoms with Crippen LogP contribution in [0.3, 0.4) is 0 Å². The molecule has 0 saturated heterocycles. The Morgan fingerprint density at radius 1 is 0.951 bits per heavy atom. The number of rotatable bonds is 9. The summed E-state index contributed by atoms with van der Waals surface area (Å²) >= 11 is 7.90. The second-order valence-corrected chi connectivity index (χ2v) is 10.4.